The molecule has 7 heteroatoms. The van der Waals surface area contributed by atoms with Crippen LogP contribution >= 0.6 is 11.6 Å². The monoisotopic (exact) mass is 403 g/mol. The summed E-state index contributed by atoms with van der Waals surface area (Å²) in [5.74, 6) is -0.872. The molecule has 0 aliphatic rings. The second-order valence-electron chi connectivity index (χ2n) is 6.32. The van der Waals surface area contributed by atoms with Crippen LogP contribution in [-0.4, -0.2) is 19.8 Å². The summed E-state index contributed by atoms with van der Waals surface area (Å²) in [6, 6.07) is 15.1. The largest absolute Gasteiger partial charge is 0.464 e. The third kappa shape index (κ3) is 3.91. The number of carbonyl (C=O) groups is 1. The van der Waals surface area contributed by atoms with Gasteiger partial charge in [0.15, 0.2) is 0 Å². The molecule has 3 rings (SSSR count). The normalized spacial score (nSPS) is 12.7. The Balaban J connectivity index is 2.02. The van der Waals surface area contributed by atoms with Crippen LogP contribution in [0.25, 0.3) is 10.8 Å². The average Bonchev–Trinajstić information content (AvgIpc) is 2.58. The third-order valence-electron chi connectivity index (χ3n) is 4.17. The first-order valence-electron chi connectivity index (χ1n) is 8.15. The summed E-state index contributed by atoms with van der Waals surface area (Å²) in [6.07, 6.45) is 0. The molecule has 2 N–H and O–H groups in total. The van der Waals surface area contributed by atoms with Gasteiger partial charge in [0, 0.05) is 5.02 Å². The molecule has 1 atom stereocenters. The van der Waals surface area contributed by atoms with E-state index in [1.54, 1.807) is 49.4 Å². The van der Waals surface area contributed by atoms with Crippen molar-refractivity contribution in [3.63, 3.8) is 0 Å². The second kappa shape index (κ2) is 7.21. The van der Waals surface area contributed by atoms with Gasteiger partial charge in [0.05, 0.1) is 4.90 Å². The first kappa shape index (κ1) is 19.2. The fraction of sp³-hybridized carbons (Fsp3) is 0.150. The number of benzene rings is 3. The number of hydrogen-bond acceptors (Lipinski definition) is 4. The fourth-order valence-corrected chi connectivity index (χ4v) is 4.62. The zero-order chi connectivity index (χ0) is 19.8. The summed E-state index contributed by atoms with van der Waals surface area (Å²) < 4.78 is 31.5. The lowest BCUT2D eigenvalue weighted by atomic mass is 10.1. The van der Waals surface area contributed by atoms with E-state index in [1.165, 1.54) is 6.07 Å². The molecule has 3 aromatic rings. The summed E-state index contributed by atoms with van der Waals surface area (Å²) in [5.41, 5.74) is 4.96. The summed E-state index contributed by atoms with van der Waals surface area (Å²) in [4.78, 5) is 11.9. The van der Waals surface area contributed by atoms with Crippen molar-refractivity contribution >= 4 is 38.1 Å². The number of nitrogens with two attached hydrogens (primary N) is 1. The van der Waals surface area contributed by atoms with Crippen LogP contribution in [0.5, 0.6) is 5.75 Å². The molecule has 27 heavy (non-hydrogen) atoms. The number of amides is 1. The molecule has 0 spiro atoms. The van der Waals surface area contributed by atoms with Crippen molar-refractivity contribution in [3.05, 3.63) is 70.7 Å². The highest BCUT2D eigenvalue weighted by Crippen LogP contribution is 2.27. The van der Waals surface area contributed by atoms with E-state index in [-0.39, 0.29) is 10.6 Å². The van der Waals surface area contributed by atoms with Crippen LogP contribution in [0, 0.1) is 13.8 Å². The minimum Gasteiger partial charge on any atom is -0.464 e. The predicted octanol–water partition coefficient (Wildman–Crippen LogP) is 3.77. The first-order chi connectivity index (χ1) is 12.7. The van der Waals surface area contributed by atoms with Gasteiger partial charge in [-0.2, -0.15) is 0 Å². The topological polar surface area (TPSA) is 86.5 Å². The molecule has 0 saturated carbocycles. The SMILES string of the molecule is Cc1ccc(S(=O)(=O)C(Oc2ccc3ccc(Cl)cc3c2)C(N)=O)c(C)c1. The summed E-state index contributed by atoms with van der Waals surface area (Å²) in [6.45, 7) is 3.52. The molecular weight excluding hydrogens is 386 g/mol. The van der Waals surface area contributed by atoms with Gasteiger partial charge in [0.1, 0.15) is 5.75 Å². The van der Waals surface area contributed by atoms with Crippen molar-refractivity contribution in [2.45, 2.75) is 24.2 Å². The Morgan fingerprint density at radius 1 is 1.00 bits per heavy atom. The number of aryl methyl sites for hydroxylation is 2. The Morgan fingerprint density at radius 3 is 2.37 bits per heavy atom. The van der Waals surface area contributed by atoms with Crippen LogP contribution in [0.2, 0.25) is 5.02 Å². The molecule has 0 bridgehead atoms. The molecule has 0 saturated heterocycles. The molecule has 140 valence electrons. The Bertz CT molecular complexity index is 1140. The molecule has 0 radical (unpaired) electrons. The van der Waals surface area contributed by atoms with E-state index in [4.69, 9.17) is 22.1 Å². The second-order valence-corrected chi connectivity index (χ2v) is 8.71. The van der Waals surface area contributed by atoms with E-state index in [0.29, 0.717) is 10.6 Å². The number of fused-ring (bicyclic) bond motifs is 1. The van der Waals surface area contributed by atoms with Gasteiger partial charge >= 0.3 is 0 Å². The van der Waals surface area contributed by atoms with Gasteiger partial charge in [-0.3, -0.25) is 4.79 Å². The first-order valence-corrected chi connectivity index (χ1v) is 10.1. The van der Waals surface area contributed by atoms with Gasteiger partial charge in [0.25, 0.3) is 11.3 Å². The highest BCUT2D eigenvalue weighted by molar-refractivity contribution is 7.92. The zero-order valence-corrected chi connectivity index (χ0v) is 16.3. The maximum Gasteiger partial charge on any atom is 0.280 e. The van der Waals surface area contributed by atoms with Crippen molar-refractivity contribution in [1.29, 1.82) is 0 Å². The fourth-order valence-electron chi connectivity index (χ4n) is 2.90. The van der Waals surface area contributed by atoms with Crippen molar-refractivity contribution < 1.29 is 17.9 Å². The van der Waals surface area contributed by atoms with Gasteiger partial charge in [-0.1, -0.05) is 41.4 Å². The molecule has 5 nitrogen and oxygen atoms in total. The van der Waals surface area contributed by atoms with Gasteiger partial charge < -0.3 is 10.5 Å². The number of carbonyl (C=O) groups excluding carboxylic acids is 1. The van der Waals surface area contributed by atoms with Crippen molar-refractivity contribution in [1.82, 2.24) is 0 Å². The van der Waals surface area contributed by atoms with Gasteiger partial charge in [0.2, 0.25) is 9.84 Å². The van der Waals surface area contributed by atoms with Crippen LogP contribution < -0.4 is 10.5 Å². The number of halogens is 1. The van der Waals surface area contributed by atoms with E-state index in [0.717, 1.165) is 16.3 Å². The van der Waals surface area contributed by atoms with E-state index in [2.05, 4.69) is 0 Å². The quantitative estimate of drug-likeness (QED) is 0.702. The van der Waals surface area contributed by atoms with E-state index < -0.39 is 21.2 Å². The summed E-state index contributed by atoms with van der Waals surface area (Å²) in [5, 5.41) is 2.20. The molecule has 3 aromatic carbocycles. The van der Waals surface area contributed by atoms with Crippen molar-refractivity contribution in [2.75, 3.05) is 0 Å². The van der Waals surface area contributed by atoms with Crippen molar-refractivity contribution in [3.8, 4) is 5.75 Å². The number of primary amides is 1. The Labute approximate surface area is 162 Å². The van der Waals surface area contributed by atoms with Crippen LogP contribution in [0.1, 0.15) is 11.1 Å². The van der Waals surface area contributed by atoms with E-state index in [1.807, 2.05) is 13.0 Å². The summed E-state index contributed by atoms with van der Waals surface area (Å²) >= 11 is 6.00. The molecule has 0 aromatic heterocycles. The number of ether oxygens (including phenoxy) is 1. The summed E-state index contributed by atoms with van der Waals surface area (Å²) in [7, 11) is -4.13. The molecule has 0 aliphatic carbocycles. The maximum atomic E-state index is 13.0. The Hall–Kier alpha value is -2.57. The van der Waals surface area contributed by atoms with Crippen molar-refractivity contribution in [2.24, 2.45) is 5.73 Å². The van der Waals surface area contributed by atoms with Gasteiger partial charge in [-0.25, -0.2) is 8.42 Å². The predicted molar refractivity (Wildman–Crippen MR) is 106 cm³/mol. The Kier molecular flexibility index (Phi) is 5.13. The highest BCUT2D eigenvalue weighted by Gasteiger charge is 2.35. The standard InChI is InChI=1S/C20H18ClNO4S/c1-12-3-8-18(13(2)9-12)27(24,25)20(19(22)23)26-17-7-5-14-4-6-16(21)10-15(14)11-17/h3-11,20H,1-2H3,(H2,22,23). The third-order valence-corrected chi connectivity index (χ3v) is 6.37. The lowest BCUT2D eigenvalue weighted by Crippen LogP contribution is -2.40. The molecular formula is C20H18ClNO4S. The zero-order valence-electron chi connectivity index (χ0n) is 14.8. The lowest BCUT2D eigenvalue weighted by Gasteiger charge is -2.18. The average molecular weight is 404 g/mol. The molecule has 0 fully saturated rings. The van der Waals surface area contributed by atoms with E-state index >= 15 is 0 Å². The van der Waals surface area contributed by atoms with Crippen LogP contribution in [0.3, 0.4) is 0 Å². The van der Waals surface area contributed by atoms with Gasteiger partial charge in [-0.05, 0) is 60.5 Å². The lowest BCUT2D eigenvalue weighted by molar-refractivity contribution is -0.121. The Morgan fingerprint density at radius 2 is 1.70 bits per heavy atom. The van der Waals surface area contributed by atoms with Crippen LogP contribution in [-0.2, 0) is 14.6 Å². The molecule has 1 unspecified atom stereocenters. The molecule has 0 heterocycles. The molecule has 0 aliphatic heterocycles. The van der Waals surface area contributed by atoms with Crippen LogP contribution in [0.15, 0.2) is 59.5 Å². The van der Waals surface area contributed by atoms with Gasteiger partial charge in [-0.15, -0.1) is 0 Å². The van der Waals surface area contributed by atoms with E-state index in [9.17, 15) is 13.2 Å². The highest BCUT2D eigenvalue weighted by atomic mass is 35.5. The number of rotatable bonds is 5. The maximum absolute atomic E-state index is 13.0. The number of sulfone groups is 1. The molecule has 1 amide bonds. The smallest absolute Gasteiger partial charge is 0.280 e. The number of hydrogen-bond donors (Lipinski definition) is 1. The van der Waals surface area contributed by atoms with Crippen LogP contribution in [0.4, 0.5) is 0 Å². The minimum atomic E-state index is -4.13. The minimum absolute atomic E-state index is 0.0146.